The molecule has 0 radical (unpaired) electrons. The van der Waals surface area contributed by atoms with Gasteiger partial charge in [0.1, 0.15) is 22.8 Å². The van der Waals surface area contributed by atoms with Crippen LogP contribution in [0.15, 0.2) is 59.5 Å². The van der Waals surface area contributed by atoms with E-state index in [1.165, 1.54) is 30.5 Å². The van der Waals surface area contributed by atoms with Gasteiger partial charge in [-0.15, -0.1) is 0 Å². The van der Waals surface area contributed by atoms with Crippen molar-refractivity contribution >= 4 is 51.1 Å². The number of aliphatic hydroxyl groups is 4. The number of primary amides is 1. The van der Waals surface area contributed by atoms with Gasteiger partial charge in [-0.1, -0.05) is 36.5 Å². The van der Waals surface area contributed by atoms with Gasteiger partial charge in [0.05, 0.1) is 27.2 Å². The standard InChI is InChI=1S/C29H24N4O10S/c1-10-13-5-6-15(32-28-31-9-17(44-28)11-3-2-4-12(7-11)33(42)43)23(36)19(13)24(37)21-18(10)22(35)14-8-16(34)20(27(30)40)25(38)29(14,41)26(21)39/h2-7,9-10,14,18,22,35-38,41H,8H2,1H3,(H2,30,40)(H,31,32)/t10-,14+,18+,22+,29+/m0/s1. The summed E-state index contributed by atoms with van der Waals surface area (Å²) < 4.78 is 0. The van der Waals surface area contributed by atoms with E-state index in [9.17, 15) is 50.0 Å². The topological polar surface area (TPSA) is 246 Å². The third-order valence-electron chi connectivity index (χ3n) is 8.59. The molecule has 3 aromatic rings. The Balaban J connectivity index is 1.41. The predicted octanol–water partition coefficient (Wildman–Crippen LogP) is 2.73. The Kier molecular flexibility index (Phi) is 6.57. The number of nitro benzene ring substituents is 1. The number of fused-ring (bicyclic) bond motifs is 3. The molecular weight excluding hydrogens is 596 g/mol. The van der Waals surface area contributed by atoms with Crippen molar-refractivity contribution in [3.8, 4) is 16.2 Å². The molecule has 8 N–H and O–H groups in total. The molecule has 3 aliphatic carbocycles. The number of nitro groups is 1. The molecule has 2 aromatic carbocycles. The average Bonchev–Trinajstić information content (AvgIpc) is 3.45. The SMILES string of the molecule is C[C@H]1c2ccc(Nc3ncc(-c4cccc([N+](=O)[O-])c4)s3)c(O)c2C(O)=C2C(=O)[C@]3(O)C(O)=C(C(N)=O)C(=O)C[C@@H]3[C@@H](O)[C@@H]21. The highest BCUT2D eigenvalue weighted by Crippen LogP contribution is 2.56. The van der Waals surface area contributed by atoms with Crippen LogP contribution in [0.4, 0.5) is 16.5 Å². The zero-order valence-corrected chi connectivity index (χ0v) is 23.5. The molecule has 1 aromatic heterocycles. The molecule has 5 atom stereocenters. The van der Waals surface area contributed by atoms with Gasteiger partial charge in [-0.3, -0.25) is 24.5 Å². The normalized spacial score (nSPS) is 26.2. The second-order valence-electron chi connectivity index (χ2n) is 10.9. The number of aromatic nitrogens is 1. The minimum absolute atomic E-state index is 0.0731. The highest BCUT2D eigenvalue weighted by Gasteiger charge is 2.64. The maximum atomic E-state index is 13.8. The van der Waals surface area contributed by atoms with Gasteiger partial charge in [0.25, 0.3) is 11.6 Å². The smallest absolute Gasteiger partial charge is 0.270 e. The fourth-order valence-corrected chi connectivity index (χ4v) is 7.28. The summed E-state index contributed by atoms with van der Waals surface area (Å²) in [6, 6.07) is 9.04. The van der Waals surface area contributed by atoms with Gasteiger partial charge < -0.3 is 36.6 Å². The number of carbonyl (C=O) groups excluding carboxylic acids is 3. The number of carbonyl (C=O) groups is 3. The molecule has 0 bridgehead atoms. The number of amides is 1. The van der Waals surface area contributed by atoms with Crippen LogP contribution in [0.2, 0.25) is 0 Å². The van der Waals surface area contributed by atoms with E-state index in [2.05, 4.69) is 10.3 Å². The average molecular weight is 621 g/mol. The summed E-state index contributed by atoms with van der Waals surface area (Å²) in [6.45, 7) is 1.63. The monoisotopic (exact) mass is 620 g/mol. The molecule has 1 fully saturated rings. The van der Waals surface area contributed by atoms with Gasteiger partial charge in [0.2, 0.25) is 5.78 Å². The number of ketones is 2. The van der Waals surface area contributed by atoms with Crippen molar-refractivity contribution in [2.24, 2.45) is 17.6 Å². The zero-order valence-electron chi connectivity index (χ0n) is 22.7. The molecule has 1 amide bonds. The number of thiazole rings is 1. The summed E-state index contributed by atoms with van der Waals surface area (Å²) in [4.78, 5) is 53.7. The summed E-state index contributed by atoms with van der Waals surface area (Å²) in [7, 11) is 0. The lowest BCUT2D eigenvalue weighted by Crippen LogP contribution is -2.63. The number of rotatable bonds is 5. The van der Waals surface area contributed by atoms with E-state index in [1.807, 2.05) is 0 Å². The lowest BCUT2D eigenvalue weighted by Gasteiger charge is -2.50. The van der Waals surface area contributed by atoms with E-state index in [-0.39, 0.29) is 22.1 Å². The molecule has 226 valence electrons. The van der Waals surface area contributed by atoms with E-state index in [0.717, 1.165) is 11.3 Å². The number of nitrogens with two attached hydrogens (primary N) is 1. The molecular formula is C29H24N4O10S. The largest absolute Gasteiger partial charge is 0.508 e. The van der Waals surface area contributed by atoms with Crippen LogP contribution in [0, 0.1) is 22.0 Å². The van der Waals surface area contributed by atoms with E-state index in [4.69, 9.17) is 5.73 Å². The highest BCUT2D eigenvalue weighted by atomic mass is 32.1. The van der Waals surface area contributed by atoms with Crippen LogP contribution in [-0.4, -0.2) is 64.6 Å². The van der Waals surface area contributed by atoms with Crippen LogP contribution in [0.5, 0.6) is 5.75 Å². The van der Waals surface area contributed by atoms with E-state index < -0.39 is 86.7 Å². The Hall–Kier alpha value is -5.12. The first-order chi connectivity index (χ1) is 20.8. The fraction of sp³-hybridized carbons (Fsp3) is 0.241. The van der Waals surface area contributed by atoms with Crippen molar-refractivity contribution in [3.63, 3.8) is 0 Å². The number of non-ortho nitro benzene ring substituents is 1. The molecule has 1 saturated carbocycles. The summed E-state index contributed by atoms with van der Waals surface area (Å²) in [5.74, 6) is -9.49. The maximum Gasteiger partial charge on any atom is 0.270 e. The van der Waals surface area contributed by atoms with Crippen LogP contribution in [0.3, 0.4) is 0 Å². The quantitative estimate of drug-likeness (QED) is 0.0942. The number of anilines is 2. The van der Waals surface area contributed by atoms with Gasteiger partial charge >= 0.3 is 0 Å². The lowest BCUT2D eigenvalue weighted by molar-refractivity contribution is -0.384. The van der Waals surface area contributed by atoms with Crippen LogP contribution in [-0.2, 0) is 14.4 Å². The minimum atomic E-state index is -2.93. The Bertz CT molecular complexity index is 1880. The van der Waals surface area contributed by atoms with E-state index >= 15 is 0 Å². The van der Waals surface area contributed by atoms with Crippen LogP contribution < -0.4 is 11.1 Å². The maximum absolute atomic E-state index is 13.8. The summed E-state index contributed by atoms with van der Waals surface area (Å²) >= 11 is 1.13. The minimum Gasteiger partial charge on any atom is -0.508 e. The van der Waals surface area contributed by atoms with Gasteiger partial charge in [-0.2, -0.15) is 0 Å². The van der Waals surface area contributed by atoms with Gasteiger partial charge in [0, 0.05) is 47.7 Å². The number of phenols is 1. The molecule has 0 saturated heterocycles. The second kappa shape index (κ2) is 9.97. The summed E-state index contributed by atoms with van der Waals surface area (Å²) in [6.07, 6.45) is -0.793. The van der Waals surface area contributed by atoms with Crippen molar-refractivity contribution in [1.82, 2.24) is 4.98 Å². The number of hydrogen-bond donors (Lipinski definition) is 7. The van der Waals surface area contributed by atoms with Crippen molar-refractivity contribution in [1.29, 1.82) is 0 Å². The molecule has 0 aliphatic heterocycles. The Morgan fingerprint density at radius 2 is 1.93 bits per heavy atom. The number of Topliss-reactive ketones (excluding diaryl/α,β-unsaturated/α-hetero) is 2. The number of nitrogens with zero attached hydrogens (tertiary/aromatic N) is 2. The molecule has 15 heteroatoms. The number of nitrogens with one attached hydrogen (secondary N) is 1. The Labute approximate surface area is 251 Å². The first-order valence-electron chi connectivity index (χ1n) is 13.3. The highest BCUT2D eigenvalue weighted by molar-refractivity contribution is 7.19. The molecule has 0 unspecified atom stereocenters. The number of phenolic OH excluding ortho intramolecular Hbond substituents is 1. The lowest BCUT2D eigenvalue weighted by atomic mass is 9.55. The summed E-state index contributed by atoms with van der Waals surface area (Å²) in [5.41, 5.74) is 1.54. The van der Waals surface area contributed by atoms with Crippen molar-refractivity contribution in [2.75, 3.05) is 5.32 Å². The van der Waals surface area contributed by atoms with Crippen LogP contribution in [0.1, 0.15) is 30.4 Å². The first kappa shape index (κ1) is 29.0. The van der Waals surface area contributed by atoms with Crippen molar-refractivity contribution < 1.29 is 44.8 Å². The molecule has 14 nitrogen and oxygen atoms in total. The zero-order chi connectivity index (χ0) is 31.8. The molecule has 44 heavy (non-hydrogen) atoms. The van der Waals surface area contributed by atoms with Crippen LogP contribution >= 0.6 is 11.3 Å². The summed E-state index contributed by atoms with van der Waals surface area (Å²) in [5, 5.41) is 70.6. The second-order valence-corrected chi connectivity index (χ2v) is 11.9. The van der Waals surface area contributed by atoms with Crippen LogP contribution in [0.25, 0.3) is 16.2 Å². The molecule has 1 heterocycles. The molecule has 3 aliphatic rings. The van der Waals surface area contributed by atoms with Crippen molar-refractivity contribution in [2.45, 2.75) is 31.0 Å². The fourth-order valence-electron chi connectivity index (χ4n) is 6.45. The molecule has 0 spiro atoms. The Morgan fingerprint density at radius 1 is 1.20 bits per heavy atom. The van der Waals surface area contributed by atoms with E-state index in [0.29, 0.717) is 16.0 Å². The van der Waals surface area contributed by atoms with E-state index in [1.54, 1.807) is 19.1 Å². The number of aromatic hydroxyl groups is 1. The molecule has 6 rings (SSSR count). The van der Waals surface area contributed by atoms with Gasteiger partial charge in [0.15, 0.2) is 16.5 Å². The predicted molar refractivity (Wildman–Crippen MR) is 155 cm³/mol. The van der Waals surface area contributed by atoms with Gasteiger partial charge in [-0.25, -0.2) is 4.98 Å². The van der Waals surface area contributed by atoms with Gasteiger partial charge in [-0.05, 0) is 17.5 Å². The van der Waals surface area contributed by atoms with Crippen molar-refractivity contribution in [3.05, 3.63) is 80.7 Å². The number of aliphatic hydroxyl groups excluding tert-OH is 3. The number of hydrogen-bond acceptors (Lipinski definition) is 13. The Morgan fingerprint density at radius 3 is 2.61 bits per heavy atom. The first-order valence-corrected chi connectivity index (χ1v) is 14.1. The third-order valence-corrected chi connectivity index (χ3v) is 9.55. The third kappa shape index (κ3) is 4.00. The number of benzene rings is 2.